The third-order valence-corrected chi connectivity index (χ3v) is 1.31. The first kappa shape index (κ1) is 10.4. The average molecular weight is 157 g/mol. The van der Waals surface area contributed by atoms with Crippen LogP contribution in [0.4, 0.5) is 0 Å². The summed E-state index contributed by atoms with van der Waals surface area (Å²) >= 11 is 0. The van der Waals surface area contributed by atoms with E-state index in [1.165, 1.54) is 0 Å². The lowest BCUT2D eigenvalue weighted by Gasteiger charge is -2.12. The zero-order valence-electron chi connectivity index (χ0n) is 7.09. The van der Waals surface area contributed by atoms with Crippen LogP contribution in [0.3, 0.4) is 0 Å². The van der Waals surface area contributed by atoms with Crippen LogP contribution in [-0.2, 0) is 9.47 Å². The molecule has 64 valence electrons. The van der Waals surface area contributed by atoms with Crippen LogP contribution in [0, 0.1) is 12.3 Å². The quantitative estimate of drug-likeness (QED) is 0.340. The summed E-state index contributed by atoms with van der Waals surface area (Å²) in [6, 6.07) is 0. The van der Waals surface area contributed by atoms with E-state index in [9.17, 15) is 0 Å². The Kier molecular flexibility index (Phi) is 7.16. The first-order valence-electron chi connectivity index (χ1n) is 3.55. The Bertz CT molecular complexity index is 116. The summed E-state index contributed by atoms with van der Waals surface area (Å²) in [5.74, 6) is 2.48. The normalized spacial score (nSPS) is 10.0. The van der Waals surface area contributed by atoms with E-state index in [4.69, 9.17) is 15.9 Å². The number of rotatable bonds is 6. The number of methoxy groups -OCH3 is 2. The molecular weight excluding hydrogens is 142 g/mol. The van der Waals surface area contributed by atoms with Crippen molar-refractivity contribution in [3.63, 3.8) is 0 Å². The van der Waals surface area contributed by atoms with Crippen molar-refractivity contribution in [1.82, 2.24) is 5.32 Å². The van der Waals surface area contributed by atoms with Crippen LogP contribution in [0.15, 0.2) is 0 Å². The first-order chi connectivity index (χ1) is 5.35. The van der Waals surface area contributed by atoms with Crippen molar-refractivity contribution in [3.8, 4) is 12.3 Å². The number of hydrogen-bond donors (Lipinski definition) is 1. The summed E-state index contributed by atoms with van der Waals surface area (Å²) in [6.45, 7) is 1.41. The molecule has 0 aromatic rings. The highest BCUT2D eigenvalue weighted by Crippen LogP contribution is 1.94. The van der Waals surface area contributed by atoms with Gasteiger partial charge < -0.3 is 14.8 Å². The van der Waals surface area contributed by atoms with Crippen molar-refractivity contribution in [3.05, 3.63) is 0 Å². The molecule has 0 aromatic carbocycles. The van der Waals surface area contributed by atoms with E-state index in [0.717, 1.165) is 13.0 Å². The summed E-state index contributed by atoms with van der Waals surface area (Å²) in [5.41, 5.74) is 0. The van der Waals surface area contributed by atoms with E-state index < -0.39 is 0 Å². The van der Waals surface area contributed by atoms with Crippen LogP contribution < -0.4 is 5.32 Å². The van der Waals surface area contributed by atoms with Gasteiger partial charge in [-0.1, -0.05) is 5.92 Å². The largest absolute Gasteiger partial charge is 0.356 e. The van der Waals surface area contributed by atoms with Gasteiger partial charge in [-0.15, -0.1) is 6.42 Å². The molecule has 0 spiro atoms. The molecule has 0 aliphatic heterocycles. The van der Waals surface area contributed by atoms with Crippen LogP contribution in [0.25, 0.3) is 0 Å². The molecule has 0 saturated carbocycles. The van der Waals surface area contributed by atoms with Gasteiger partial charge in [0.05, 0.1) is 6.54 Å². The van der Waals surface area contributed by atoms with Crippen LogP contribution >= 0.6 is 0 Å². The number of hydrogen-bond acceptors (Lipinski definition) is 3. The zero-order chi connectivity index (χ0) is 8.53. The van der Waals surface area contributed by atoms with Crippen molar-refractivity contribution in [2.24, 2.45) is 0 Å². The highest BCUT2D eigenvalue weighted by Gasteiger charge is 2.02. The lowest BCUT2D eigenvalue weighted by molar-refractivity contribution is -0.105. The maximum Gasteiger partial charge on any atom is 0.158 e. The van der Waals surface area contributed by atoms with E-state index in [1.54, 1.807) is 14.2 Å². The van der Waals surface area contributed by atoms with Gasteiger partial charge in [0.25, 0.3) is 0 Å². The van der Waals surface area contributed by atoms with E-state index in [0.29, 0.717) is 6.54 Å². The monoisotopic (exact) mass is 157 g/mol. The first-order valence-corrected chi connectivity index (χ1v) is 3.55. The van der Waals surface area contributed by atoms with Crippen molar-refractivity contribution >= 4 is 0 Å². The summed E-state index contributed by atoms with van der Waals surface area (Å²) in [6.07, 6.45) is 5.72. The average Bonchev–Trinajstić information content (AvgIpc) is 2.05. The Morgan fingerprint density at radius 2 is 2.09 bits per heavy atom. The molecule has 0 rings (SSSR count). The van der Waals surface area contributed by atoms with Gasteiger partial charge >= 0.3 is 0 Å². The highest BCUT2D eigenvalue weighted by molar-refractivity contribution is 4.86. The van der Waals surface area contributed by atoms with Gasteiger partial charge in [0, 0.05) is 27.2 Å². The molecule has 3 heteroatoms. The van der Waals surface area contributed by atoms with Crippen molar-refractivity contribution in [2.75, 3.05) is 27.3 Å². The molecule has 1 N–H and O–H groups in total. The van der Waals surface area contributed by atoms with E-state index >= 15 is 0 Å². The second-order valence-electron chi connectivity index (χ2n) is 2.07. The summed E-state index contributed by atoms with van der Waals surface area (Å²) in [5, 5.41) is 3.04. The minimum Gasteiger partial charge on any atom is -0.356 e. The second kappa shape index (κ2) is 7.55. The van der Waals surface area contributed by atoms with Crippen molar-refractivity contribution in [2.45, 2.75) is 12.7 Å². The molecule has 0 amide bonds. The van der Waals surface area contributed by atoms with Crippen LogP contribution in [0.2, 0.25) is 0 Å². The van der Waals surface area contributed by atoms with Crippen LogP contribution in [0.1, 0.15) is 6.42 Å². The van der Waals surface area contributed by atoms with Crippen LogP contribution in [0.5, 0.6) is 0 Å². The van der Waals surface area contributed by atoms with E-state index in [2.05, 4.69) is 11.2 Å². The molecular formula is C8H15NO2. The molecule has 0 heterocycles. The fourth-order valence-electron chi connectivity index (χ4n) is 0.712. The Labute approximate surface area is 68.1 Å². The lowest BCUT2D eigenvalue weighted by atomic mass is 10.4. The molecule has 0 aliphatic rings. The number of ether oxygens (including phenoxy) is 2. The molecule has 0 aromatic heterocycles. The summed E-state index contributed by atoms with van der Waals surface area (Å²) in [4.78, 5) is 0. The van der Waals surface area contributed by atoms with Gasteiger partial charge in [0.1, 0.15) is 0 Å². The van der Waals surface area contributed by atoms with E-state index in [-0.39, 0.29) is 6.29 Å². The molecule has 0 bridgehead atoms. The maximum absolute atomic E-state index is 5.04. The van der Waals surface area contributed by atoms with Gasteiger partial charge in [-0.2, -0.15) is 0 Å². The molecule has 0 saturated heterocycles. The van der Waals surface area contributed by atoms with Gasteiger partial charge in [-0.05, 0) is 0 Å². The number of terminal acetylenes is 1. The Morgan fingerprint density at radius 1 is 1.45 bits per heavy atom. The molecule has 0 atom stereocenters. The van der Waals surface area contributed by atoms with Crippen molar-refractivity contribution in [1.29, 1.82) is 0 Å². The van der Waals surface area contributed by atoms with Gasteiger partial charge in [0.15, 0.2) is 6.29 Å². The SMILES string of the molecule is C#CCNCCC(OC)OC. The van der Waals surface area contributed by atoms with Gasteiger partial charge in [-0.25, -0.2) is 0 Å². The number of nitrogens with one attached hydrogen (secondary N) is 1. The topological polar surface area (TPSA) is 30.5 Å². The molecule has 3 nitrogen and oxygen atoms in total. The maximum atomic E-state index is 5.04. The molecule has 0 aliphatic carbocycles. The predicted octanol–water partition coefficient (Wildman–Crippen LogP) is 0.218. The molecule has 0 fully saturated rings. The molecule has 0 radical (unpaired) electrons. The minimum absolute atomic E-state index is 0.125. The Hall–Kier alpha value is -0.560. The van der Waals surface area contributed by atoms with Gasteiger partial charge in [0.2, 0.25) is 0 Å². The second-order valence-corrected chi connectivity index (χ2v) is 2.07. The molecule has 0 unspecified atom stereocenters. The molecule has 11 heavy (non-hydrogen) atoms. The third-order valence-electron chi connectivity index (χ3n) is 1.31. The smallest absolute Gasteiger partial charge is 0.158 e. The third kappa shape index (κ3) is 5.86. The highest BCUT2D eigenvalue weighted by atomic mass is 16.7. The summed E-state index contributed by atoms with van der Waals surface area (Å²) in [7, 11) is 3.24. The fraction of sp³-hybridized carbons (Fsp3) is 0.750. The van der Waals surface area contributed by atoms with E-state index in [1.807, 2.05) is 0 Å². The van der Waals surface area contributed by atoms with Crippen LogP contribution in [-0.4, -0.2) is 33.6 Å². The Morgan fingerprint density at radius 3 is 2.55 bits per heavy atom. The fourth-order valence-corrected chi connectivity index (χ4v) is 0.712. The summed E-state index contributed by atoms with van der Waals surface area (Å²) < 4.78 is 9.93. The van der Waals surface area contributed by atoms with Crippen molar-refractivity contribution < 1.29 is 9.47 Å². The Balaban J connectivity index is 3.16. The predicted molar refractivity (Wildman–Crippen MR) is 44.1 cm³/mol. The standard InChI is InChI=1S/C8H15NO2/c1-4-6-9-7-5-8(10-2)11-3/h1,8-9H,5-7H2,2-3H3. The zero-order valence-corrected chi connectivity index (χ0v) is 7.09. The van der Waals surface area contributed by atoms with Gasteiger partial charge in [-0.3, -0.25) is 0 Å². The minimum atomic E-state index is -0.125. The lowest BCUT2D eigenvalue weighted by Crippen LogP contribution is -2.23.